The second-order valence-electron chi connectivity index (χ2n) is 6.18. The molecule has 0 heterocycles. The van der Waals surface area contributed by atoms with Crippen LogP contribution in [0, 0.1) is 5.82 Å². The van der Waals surface area contributed by atoms with Crippen molar-refractivity contribution in [3.05, 3.63) is 65.5 Å². The van der Waals surface area contributed by atoms with Gasteiger partial charge in [0.25, 0.3) is 0 Å². The Bertz CT molecular complexity index is 803. The van der Waals surface area contributed by atoms with Crippen molar-refractivity contribution in [3.63, 3.8) is 0 Å². The van der Waals surface area contributed by atoms with Crippen molar-refractivity contribution in [2.75, 3.05) is 11.9 Å². The molecule has 2 aromatic carbocycles. The van der Waals surface area contributed by atoms with E-state index >= 15 is 0 Å². The van der Waals surface area contributed by atoms with E-state index in [9.17, 15) is 14.0 Å². The predicted molar refractivity (Wildman–Crippen MR) is 94.2 cm³/mol. The standard InChI is InChI=1S/C20H20FNO4/c1-2-25-18(23)20(10-11-20)16-9-8-15(12-17(16)21)22-19(24)26-13-14-6-4-3-5-7-14/h3-9,12H,2,10-11,13H2,1H3,(H,22,24). The minimum Gasteiger partial charge on any atom is -0.465 e. The van der Waals surface area contributed by atoms with Gasteiger partial charge in [0.05, 0.1) is 12.0 Å². The zero-order valence-electron chi connectivity index (χ0n) is 14.5. The summed E-state index contributed by atoms with van der Waals surface area (Å²) in [5, 5.41) is 2.49. The maximum absolute atomic E-state index is 14.5. The number of carbonyl (C=O) groups excluding carboxylic acids is 2. The Hall–Kier alpha value is -2.89. The fourth-order valence-corrected chi connectivity index (χ4v) is 2.84. The number of halogens is 1. The van der Waals surface area contributed by atoms with Gasteiger partial charge in [-0.3, -0.25) is 10.1 Å². The first-order valence-electron chi connectivity index (χ1n) is 8.50. The van der Waals surface area contributed by atoms with Crippen LogP contribution in [0.3, 0.4) is 0 Å². The molecule has 2 aromatic rings. The molecule has 136 valence electrons. The normalized spacial score (nSPS) is 14.4. The first-order valence-corrected chi connectivity index (χ1v) is 8.50. The summed E-state index contributed by atoms with van der Waals surface area (Å²) in [5.41, 5.74) is 0.546. The van der Waals surface area contributed by atoms with Crippen LogP contribution in [0.5, 0.6) is 0 Å². The van der Waals surface area contributed by atoms with Crippen LogP contribution in [-0.2, 0) is 26.3 Å². The fraction of sp³-hybridized carbons (Fsp3) is 0.300. The maximum atomic E-state index is 14.5. The number of ether oxygens (including phenoxy) is 2. The van der Waals surface area contributed by atoms with Crippen LogP contribution >= 0.6 is 0 Å². The highest BCUT2D eigenvalue weighted by atomic mass is 19.1. The molecule has 1 N–H and O–H groups in total. The van der Waals surface area contributed by atoms with E-state index in [1.54, 1.807) is 13.0 Å². The minimum absolute atomic E-state index is 0.124. The number of benzene rings is 2. The average Bonchev–Trinajstić information content (AvgIpc) is 3.43. The van der Waals surface area contributed by atoms with E-state index in [1.807, 2.05) is 30.3 Å². The van der Waals surface area contributed by atoms with Gasteiger partial charge < -0.3 is 9.47 Å². The molecule has 0 radical (unpaired) electrons. The molecule has 1 amide bonds. The third-order valence-electron chi connectivity index (χ3n) is 4.36. The van der Waals surface area contributed by atoms with Crippen molar-refractivity contribution >= 4 is 17.7 Å². The molecule has 0 saturated heterocycles. The lowest BCUT2D eigenvalue weighted by Gasteiger charge is -2.16. The Morgan fingerprint density at radius 1 is 1.12 bits per heavy atom. The van der Waals surface area contributed by atoms with E-state index in [4.69, 9.17) is 9.47 Å². The number of anilines is 1. The van der Waals surface area contributed by atoms with Crippen LogP contribution in [-0.4, -0.2) is 18.7 Å². The van der Waals surface area contributed by atoms with Crippen LogP contribution in [0.25, 0.3) is 0 Å². The summed E-state index contributed by atoms with van der Waals surface area (Å²) in [6.07, 6.45) is 0.455. The smallest absolute Gasteiger partial charge is 0.411 e. The number of amides is 1. The van der Waals surface area contributed by atoms with E-state index in [-0.39, 0.29) is 18.9 Å². The molecule has 0 aromatic heterocycles. The molecular weight excluding hydrogens is 337 g/mol. The number of hydrogen-bond acceptors (Lipinski definition) is 4. The SMILES string of the molecule is CCOC(=O)C1(c2ccc(NC(=O)OCc3ccccc3)cc2F)CC1. The molecule has 0 unspecified atom stereocenters. The molecule has 0 bridgehead atoms. The maximum Gasteiger partial charge on any atom is 0.411 e. The van der Waals surface area contributed by atoms with E-state index in [0.717, 1.165) is 5.56 Å². The van der Waals surface area contributed by atoms with Gasteiger partial charge in [0, 0.05) is 11.3 Å². The summed E-state index contributed by atoms with van der Waals surface area (Å²) in [4.78, 5) is 23.9. The number of carbonyl (C=O) groups is 2. The highest BCUT2D eigenvalue weighted by molar-refractivity contribution is 5.88. The van der Waals surface area contributed by atoms with Crippen molar-refractivity contribution < 1.29 is 23.5 Å². The van der Waals surface area contributed by atoms with Crippen molar-refractivity contribution in [2.24, 2.45) is 0 Å². The molecule has 1 aliphatic carbocycles. The molecular formula is C20H20FNO4. The third kappa shape index (κ3) is 3.85. The molecule has 0 aliphatic heterocycles. The van der Waals surface area contributed by atoms with Gasteiger partial charge >= 0.3 is 12.1 Å². The van der Waals surface area contributed by atoms with Crippen molar-refractivity contribution in [1.29, 1.82) is 0 Å². The lowest BCUT2D eigenvalue weighted by atomic mass is 9.95. The molecule has 5 nitrogen and oxygen atoms in total. The number of rotatable bonds is 6. The molecule has 0 spiro atoms. The van der Waals surface area contributed by atoms with Gasteiger partial charge in [-0.25, -0.2) is 9.18 Å². The van der Waals surface area contributed by atoms with Gasteiger partial charge in [-0.15, -0.1) is 0 Å². The number of esters is 1. The van der Waals surface area contributed by atoms with Crippen LogP contribution in [0.2, 0.25) is 0 Å². The second kappa shape index (κ2) is 7.56. The van der Waals surface area contributed by atoms with Crippen molar-refractivity contribution in [3.8, 4) is 0 Å². The number of hydrogen-bond donors (Lipinski definition) is 1. The highest BCUT2D eigenvalue weighted by Crippen LogP contribution is 2.50. The molecule has 0 atom stereocenters. The minimum atomic E-state index is -0.882. The molecule has 1 aliphatic rings. The molecule has 26 heavy (non-hydrogen) atoms. The quantitative estimate of drug-likeness (QED) is 0.788. The van der Waals surface area contributed by atoms with Crippen LogP contribution in [0.4, 0.5) is 14.9 Å². The number of nitrogens with one attached hydrogen (secondary N) is 1. The Labute approximate surface area is 151 Å². The zero-order chi connectivity index (χ0) is 18.6. The zero-order valence-corrected chi connectivity index (χ0v) is 14.5. The summed E-state index contributed by atoms with van der Waals surface area (Å²) < 4.78 is 24.6. The summed E-state index contributed by atoms with van der Waals surface area (Å²) in [6, 6.07) is 13.5. The van der Waals surface area contributed by atoms with E-state index in [1.165, 1.54) is 12.1 Å². The first kappa shape index (κ1) is 17.9. The van der Waals surface area contributed by atoms with Gasteiger partial charge in [-0.05, 0) is 37.5 Å². The topological polar surface area (TPSA) is 64.6 Å². The van der Waals surface area contributed by atoms with Crippen molar-refractivity contribution in [1.82, 2.24) is 0 Å². The highest BCUT2D eigenvalue weighted by Gasteiger charge is 2.54. The monoisotopic (exact) mass is 357 g/mol. The summed E-state index contributed by atoms with van der Waals surface area (Å²) >= 11 is 0. The van der Waals surface area contributed by atoms with Gasteiger partial charge in [0.15, 0.2) is 0 Å². The van der Waals surface area contributed by atoms with Gasteiger partial charge in [-0.1, -0.05) is 36.4 Å². The first-order chi connectivity index (χ1) is 12.5. The van der Waals surface area contributed by atoms with E-state index in [2.05, 4.69) is 5.32 Å². The third-order valence-corrected chi connectivity index (χ3v) is 4.36. The Kier molecular flexibility index (Phi) is 5.21. The van der Waals surface area contributed by atoms with Crippen LogP contribution < -0.4 is 5.32 Å². The van der Waals surface area contributed by atoms with E-state index < -0.39 is 23.3 Å². The average molecular weight is 357 g/mol. The van der Waals surface area contributed by atoms with Gasteiger partial charge in [-0.2, -0.15) is 0 Å². The molecule has 3 rings (SSSR count). The fourth-order valence-electron chi connectivity index (χ4n) is 2.84. The second-order valence-corrected chi connectivity index (χ2v) is 6.18. The summed E-state index contributed by atoms with van der Waals surface area (Å²) in [5.74, 6) is -0.946. The lowest BCUT2D eigenvalue weighted by Crippen LogP contribution is -2.24. The van der Waals surface area contributed by atoms with Crippen LogP contribution in [0.1, 0.15) is 30.9 Å². The Morgan fingerprint density at radius 3 is 2.46 bits per heavy atom. The predicted octanol–water partition coefficient (Wildman–Crippen LogP) is 4.17. The molecule has 1 fully saturated rings. The molecule has 1 saturated carbocycles. The van der Waals surface area contributed by atoms with Crippen LogP contribution in [0.15, 0.2) is 48.5 Å². The van der Waals surface area contributed by atoms with Crippen molar-refractivity contribution in [2.45, 2.75) is 31.8 Å². The van der Waals surface area contributed by atoms with Gasteiger partial charge in [0.1, 0.15) is 12.4 Å². The van der Waals surface area contributed by atoms with Gasteiger partial charge in [0.2, 0.25) is 0 Å². The molecule has 6 heteroatoms. The Balaban J connectivity index is 1.63. The van der Waals surface area contributed by atoms with E-state index in [0.29, 0.717) is 18.4 Å². The lowest BCUT2D eigenvalue weighted by molar-refractivity contribution is -0.146. The Morgan fingerprint density at radius 2 is 1.85 bits per heavy atom. The summed E-state index contributed by atoms with van der Waals surface area (Å²) in [7, 11) is 0. The summed E-state index contributed by atoms with van der Waals surface area (Å²) in [6.45, 7) is 2.10. The largest absolute Gasteiger partial charge is 0.465 e.